The van der Waals surface area contributed by atoms with Crippen LogP contribution in [-0.2, 0) is 17.6 Å². The summed E-state index contributed by atoms with van der Waals surface area (Å²) < 4.78 is 38.0. The molecule has 2 nitrogen and oxygen atoms in total. The molecule has 1 aromatic carbocycles. The van der Waals surface area contributed by atoms with Crippen molar-refractivity contribution >= 4 is 25.6 Å². The van der Waals surface area contributed by atoms with E-state index < -0.39 is 20.2 Å². The van der Waals surface area contributed by atoms with E-state index in [9.17, 15) is 18.0 Å². The first kappa shape index (κ1) is 18.9. The molecule has 0 saturated carbocycles. The van der Waals surface area contributed by atoms with Crippen molar-refractivity contribution in [2.45, 2.75) is 38.7 Å². The third-order valence-corrected chi connectivity index (χ3v) is 4.92. The lowest BCUT2D eigenvalue weighted by Gasteiger charge is -2.21. The highest BCUT2D eigenvalue weighted by Crippen LogP contribution is 2.28. The van der Waals surface area contributed by atoms with Crippen LogP contribution >= 0.6 is 11.6 Å². The van der Waals surface area contributed by atoms with Crippen molar-refractivity contribution < 1.29 is 18.0 Å². The second-order valence-corrected chi connectivity index (χ2v) is 12.0. The minimum atomic E-state index is -4.84. The minimum absolute atomic E-state index is 0.0211. The number of rotatable bonds is 0. The van der Waals surface area contributed by atoms with Gasteiger partial charge in [0.1, 0.15) is 8.07 Å². The summed E-state index contributed by atoms with van der Waals surface area (Å²) in [6.07, 6.45) is -4.14. The molecule has 0 radical (unpaired) electrons. The second-order valence-electron chi connectivity index (χ2n) is 6.85. The Kier molecular flexibility index (Phi) is 5.36. The average molecular weight is 374 g/mol. The van der Waals surface area contributed by atoms with E-state index in [-0.39, 0.29) is 13.1 Å². The van der Waals surface area contributed by atoms with Gasteiger partial charge >= 0.3 is 12.1 Å². The highest BCUT2D eigenvalue weighted by molar-refractivity contribution is 6.83. The molecule has 2 rings (SSSR count). The predicted molar refractivity (Wildman–Crippen MR) is 91.7 cm³/mol. The van der Waals surface area contributed by atoms with Crippen LogP contribution in [0.5, 0.6) is 0 Å². The fourth-order valence-electron chi connectivity index (χ4n) is 2.56. The fraction of sp³-hybridized carbons (Fsp3) is 0.471. The summed E-state index contributed by atoms with van der Waals surface area (Å²) in [5.74, 6) is 1.36. The summed E-state index contributed by atoms with van der Waals surface area (Å²) in [5.41, 5.74) is 5.72. The molecular weight excluding hydrogens is 355 g/mol. The van der Waals surface area contributed by atoms with Crippen molar-refractivity contribution in [1.29, 1.82) is 0 Å². The second kappa shape index (κ2) is 6.81. The van der Waals surface area contributed by atoms with Crippen molar-refractivity contribution in [2.75, 3.05) is 13.1 Å². The number of benzene rings is 1. The van der Waals surface area contributed by atoms with Gasteiger partial charge in [0.2, 0.25) is 0 Å². The quantitative estimate of drug-likeness (QED) is 0.496. The van der Waals surface area contributed by atoms with Gasteiger partial charge in [0.15, 0.2) is 0 Å². The zero-order valence-electron chi connectivity index (χ0n) is 13.9. The summed E-state index contributed by atoms with van der Waals surface area (Å²) in [5, 5.41) is 0.509. The van der Waals surface area contributed by atoms with E-state index in [1.54, 1.807) is 6.07 Å². The van der Waals surface area contributed by atoms with E-state index in [1.165, 1.54) is 0 Å². The van der Waals surface area contributed by atoms with Crippen LogP contribution in [-0.4, -0.2) is 38.1 Å². The van der Waals surface area contributed by atoms with E-state index in [4.69, 9.17) is 11.6 Å². The van der Waals surface area contributed by atoms with Crippen LogP contribution in [0.1, 0.15) is 16.7 Å². The Balaban J connectivity index is 2.35. The normalized spacial score (nSPS) is 15.2. The number of carbonyl (C=O) groups excluding carboxylic acids is 1. The molecule has 130 valence electrons. The molecule has 7 heteroatoms. The Morgan fingerprint density at radius 3 is 2.42 bits per heavy atom. The smallest absolute Gasteiger partial charge is 0.334 e. The third kappa shape index (κ3) is 4.55. The highest BCUT2D eigenvalue weighted by Gasteiger charge is 2.42. The lowest BCUT2D eigenvalue weighted by molar-refractivity contribution is -0.185. The van der Waals surface area contributed by atoms with Gasteiger partial charge < -0.3 is 4.90 Å². The lowest BCUT2D eigenvalue weighted by Crippen LogP contribution is -2.42. The molecule has 0 fully saturated rings. The zero-order valence-corrected chi connectivity index (χ0v) is 15.6. The Labute approximate surface area is 146 Å². The highest BCUT2D eigenvalue weighted by atomic mass is 35.5. The Morgan fingerprint density at radius 2 is 1.83 bits per heavy atom. The number of amides is 1. The standard InChI is InChI=1S/C17H19ClF3NOSi/c1-24(2,3)11-8-14-13-7-10-22(16(23)17(19,20)21)9-6-12(13)4-5-15(14)18/h4-5H,6-7,9-10H2,1-3H3. The molecule has 1 aliphatic rings. The maximum atomic E-state index is 12.7. The van der Waals surface area contributed by atoms with Crippen molar-refractivity contribution in [3.8, 4) is 11.5 Å². The number of hydrogen-bond donors (Lipinski definition) is 0. The van der Waals surface area contributed by atoms with Crippen LogP contribution < -0.4 is 0 Å². The molecule has 24 heavy (non-hydrogen) atoms. The van der Waals surface area contributed by atoms with Crippen LogP contribution in [0.25, 0.3) is 0 Å². The summed E-state index contributed by atoms with van der Waals surface area (Å²) >= 11 is 6.27. The first-order valence-electron chi connectivity index (χ1n) is 7.68. The van der Waals surface area contributed by atoms with E-state index in [1.807, 2.05) is 6.07 Å². The molecule has 0 atom stereocenters. The van der Waals surface area contributed by atoms with Gasteiger partial charge in [-0.25, -0.2) is 0 Å². The van der Waals surface area contributed by atoms with E-state index >= 15 is 0 Å². The summed E-state index contributed by atoms with van der Waals surface area (Å²) in [6, 6.07) is 3.55. The lowest BCUT2D eigenvalue weighted by atomic mass is 9.97. The number of alkyl halides is 3. The van der Waals surface area contributed by atoms with Gasteiger partial charge in [-0.1, -0.05) is 43.2 Å². The summed E-state index contributed by atoms with van der Waals surface area (Å²) in [4.78, 5) is 12.3. The average Bonchev–Trinajstić information content (AvgIpc) is 2.66. The molecule has 1 amide bonds. The van der Waals surface area contributed by atoms with Crippen LogP contribution in [0, 0.1) is 11.5 Å². The fourth-order valence-corrected chi connectivity index (χ4v) is 3.29. The number of halogens is 4. The van der Waals surface area contributed by atoms with Crippen LogP contribution in [0.4, 0.5) is 13.2 Å². The van der Waals surface area contributed by atoms with Crippen LogP contribution in [0.3, 0.4) is 0 Å². The molecule has 0 aromatic heterocycles. The SMILES string of the molecule is C[Si](C)(C)C#Cc1c(Cl)ccc2c1CCN(C(=O)C(F)(F)F)CC2. The topological polar surface area (TPSA) is 20.3 Å². The first-order chi connectivity index (χ1) is 11.0. The molecule has 1 aromatic rings. The van der Waals surface area contributed by atoms with Crippen molar-refractivity contribution in [2.24, 2.45) is 0 Å². The Morgan fingerprint density at radius 1 is 1.21 bits per heavy atom. The monoisotopic (exact) mass is 373 g/mol. The van der Waals surface area contributed by atoms with Gasteiger partial charge in [-0.2, -0.15) is 13.2 Å². The largest absolute Gasteiger partial charge is 0.471 e. The van der Waals surface area contributed by atoms with Gasteiger partial charge in [-0.05, 0) is 30.0 Å². The summed E-state index contributed by atoms with van der Waals surface area (Å²) in [6.45, 7) is 6.40. The molecule has 0 N–H and O–H groups in total. The maximum Gasteiger partial charge on any atom is 0.471 e. The number of carbonyl (C=O) groups is 1. The van der Waals surface area contributed by atoms with Crippen LogP contribution in [0.15, 0.2) is 12.1 Å². The molecular formula is C17H19ClF3NOSi. The Hall–Kier alpha value is -1.45. The van der Waals surface area contributed by atoms with E-state index in [2.05, 4.69) is 31.1 Å². The van der Waals surface area contributed by atoms with Gasteiger partial charge in [0.05, 0.1) is 5.02 Å². The predicted octanol–water partition coefficient (Wildman–Crippen LogP) is 4.06. The molecule has 0 spiro atoms. The molecule has 0 saturated heterocycles. The van der Waals surface area contributed by atoms with E-state index in [0.717, 1.165) is 16.0 Å². The number of hydrogen-bond acceptors (Lipinski definition) is 1. The van der Waals surface area contributed by atoms with Gasteiger partial charge in [0, 0.05) is 18.7 Å². The third-order valence-electron chi connectivity index (χ3n) is 3.73. The minimum Gasteiger partial charge on any atom is -0.334 e. The molecule has 0 unspecified atom stereocenters. The van der Waals surface area contributed by atoms with Crippen LogP contribution in [0.2, 0.25) is 24.7 Å². The molecule has 1 aliphatic heterocycles. The molecule has 0 bridgehead atoms. The Bertz CT molecular complexity index is 714. The van der Waals surface area contributed by atoms with E-state index in [0.29, 0.717) is 23.4 Å². The van der Waals surface area contributed by atoms with Crippen molar-refractivity contribution in [3.63, 3.8) is 0 Å². The maximum absolute atomic E-state index is 12.7. The number of nitrogens with zero attached hydrogens (tertiary/aromatic N) is 1. The van der Waals surface area contributed by atoms with Crippen molar-refractivity contribution in [1.82, 2.24) is 4.90 Å². The first-order valence-corrected chi connectivity index (χ1v) is 11.6. The number of fused-ring (bicyclic) bond motifs is 1. The molecule has 1 heterocycles. The zero-order chi connectivity index (χ0) is 18.1. The van der Waals surface area contributed by atoms with Gasteiger partial charge in [-0.3, -0.25) is 4.79 Å². The van der Waals surface area contributed by atoms with Gasteiger partial charge in [-0.15, -0.1) is 5.54 Å². The van der Waals surface area contributed by atoms with Crippen molar-refractivity contribution in [3.05, 3.63) is 33.8 Å². The molecule has 0 aliphatic carbocycles. The summed E-state index contributed by atoms with van der Waals surface area (Å²) in [7, 11) is -1.61. The van der Waals surface area contributed by atoms with Gasteiger partial charge in [0.25, 0.3) is 0 Å².